The lowest BCUT2D eigenvalue weighted by molar-refractivity contribution is -0.138. The van der Waals surface area contributed by atoms with Crippen LogP contribution in [0, 0.1) is 13.8 Å². The summed E-state index contributed by atoms with van der Waals surface area (Å²) in [6, 6.07) is 7.60. The summed E-state index contributed by atoms with van der Waals surface area (Å²) in [4.78, 5) is 11.4. The zero-order chi connectivity index (χ0) is 16.3. The molecule has 8 heteroatoms. The number of aromatic amines is 1. The molecule has 2 aromatic rings. The Balaban J connectivity index is 2.26. The van der Waals surface area contributed by atoms with Crippen molar-refractivity contribution in [2.24, 2.45) is 0 Å². The molecule has 1 atom stereocenters. The Morgan fingerprint density at radius 2 is 1.95 bits per heavy atom. The highest BCUT2D eigenvalue weighted by molar-refractivity contribution is 7.89. The first-order valence-corrected chi connectivity index (χ1v) is 8.10. The Labute approximate surface area is 128 Å². The number of aromatic nitrogens is 2. The molecule has 0 saturated carbocycles. The van der Waals surface area contributed by atoms with Crippen molar-refractivity contribution in [1.82, 2.24) is 14.9 Å². The standard InChI is InChI=1S/C14H17N3O4S/c1-9-13(10(2)16-15-9)22(20,21)17-12(14(18)19)8-11-6-4-3-5-7-11/h3-7,12,17H,8H2,1-2H3,(H,15,16)(H,18,19)/t12-/m1/s1. The van der Waals surface area contributed by atoms with E-state index in [1.807, 2.05) is 6.07 Å². The van der Waals surface area contributed by atoms with E-state index in [1.54, 1.807) is 38.1 Å². The van der Waals surface area contributed by atoms with Crippen molar-refractivity contribution in [3.05, 3.63) is 47.3 Å². The highest BCUT2D eigenvalue weighted by Crippen LogP contribution is 2.17. The van der Waals surface area contributed by atoms with E-state index in [9.17, 15) is 18.3 Å². The fourth-order valence-electron chi connectivity index (χ4n) is 2.21. The average Bonchev–Trinajstić information content (AvgIpc) is 2.79. The van der Waals surface area contributed by atoms with Gasteiger partial charge in [-0.3, -0.25) is 9.89 Å². The largest absolute Gasteiger partial charge is 0.480 e. The molecule has 1 aromatic heterocycles. The van der Waals surface area contributed by atoms with Gasteiger partial charge in [-0.2, -0.15) is 9.82 Å². The molecule has 0 radical (unpaired) electrons. The van der Waals surface area contributed by atoms with Crippen molar-refractivity contribution in [1.29, 1.82) is 0 Å². The Morgan fingerprint density at radius 1 is 1.32 bits per heavy atom. The van der Waals surface area contributed by atoms with Crippen LogP contribution in [0.25, 0.3) is 0 Å². The summed E-state index contributed by atoms with van der Waals surface area (Å²) >= 11 is 0. The number of carboxylic acids is 1. The zero-order valence-corrected chi connectivity index (χ0v) is 13.0. The summed E-state index contributed by atoms with van der Waals surface area (Å²) in [5, 5.41) is 15.7. The monoisotopic (exact) mass is 323 g/mol. The summed E-state index contributed by atoms with van der Waals surface area (Å²) in [6.07, 6.45) is 0.0609. The molecule has 1 heterocycles. The molecular formula is C14H17N3O4S. The lowest BCUT2D eigenvalue weighted by Gasteiger charge is -2.15. The van der Waals surface area contributed by atoms with E-state index in [-0.39, 0.29) is 11.3 Å². The molecule has 0 bridgehead atoms. The number of hydrogen-bond donors (Lipinski definition) is 3. The Morgan fingerprint density at radius 3 is 2.45 bits per heavy atom. The normalized spacial score (nSPS) is 13.0. The minimum atomic E-state index is -3.97. The van der Waals surface area contributed by atoms with Crippen molar-refractivity contribution in [2.75, 3.05) is 0 Å². The molecule has 0 spiro atoms. The molecule has 3 N–H and O–H groups in total. The minimum Gasteiger partial charge on any atom is -0.480 e. The maximum atomic E-state index is 12.4. The maximum Gasteiger partial charge on any atom is 0.322 e. The van der Waals surface area contributed by atoms with Crippen LogP contribution in [0.2, 0.25) is 0 Å². The van der Waals surface area contributed by atoms with Crippen molar-refractivity contribution in [3.63, 3.8) is 0 Å². The third-order valence-electron chi connectivity index (χ3n) is 3.21. The molecule has 0 amide bonds. The van der Waals surface area contributed by atoms with E-state index in [0.29, 0.717) is 11.4 Å². The predicted molar refractivity (Wildman–Crippen MR) is 80.0 cm³/mol. The summed E-state index contributed by atoms with van der Waals surface area (Å²) in [6.45, 7) is 3.12. The Kier molecular flexibility index (Phi) is 4.62. The van der Waals surface area contributed by atoms with E-state index in [4.69, 9.17) is 0 Å². The topological polar surface area (TPSA) is 112 Å². The van der Waals surface area contributed by atoms with Crippen LogP contribution in [-0.4, -0.2) is 35.7 Å². The van der Waals surface area contributed by atoms with E-state index in [1.165, 1.54) is 0 Å². The van der Waals surface area contributed by atoms with Crippen LogP contribution in [-0.2, 0) is 21.2 Å². The molecule has 0 saturated heterocycles. The van der Waals surface area contributed by atoms with Crippen LogP contribution in [0.1, 0.15) is 17.0 Å². The first-order valence-electron chi connectivity index (χ1n) is 6.62. The number of carbonyl (C=O) groups is 1. The zero-order valence-electron chi connectivity index (χ0n) is 12.2. The van der Waals surface area contributed by atoms with E-state index >= 15 is 0 Å². The van der Waals surface area contributed by atoms with Gasteiger partial charge in [-0.15, -0.1) is 0 Å². The molecule has 22 heavy (non-hydrogen) atoms. The predicted octanol–water partition coefficient (Wildman–Crippen LogP) is 1.00. The second-order valence-corrected chi connectivity index (χ2v) is 6.62. The van der Waals surface area contributed by atoms with Gasteiger partial charge in [0.25, 0.3) is 0 Å². The number of nitrogens with zero attached hydrogens (tertiary/aromatic N) is 1. The summed E-state index contributed by atoms with van der Waals surface area (Å²) in [5.41, 5.74) is 1.40. The molecular weight excluding hydrogens is 306 g/mol. The quantitative estimate of drug-likeness (QED) is 0.734. The third-order valence-corrected chi connectivity index (χ3v) is 4.94. The number of rotatable bonds is 6. The SMILES string of the molecule is Cc1n[nH]c(C)c1S(=O)(=O)N[C@H](Cc1ccccc1)C(=O)O. The number of hydrogen-bond acceptors (Lipinski definition) is 4. The lowest BCUT2D eigenvalue weighted by Crippen LogP contribution is -2.42. The highest BCUT2D eigenvalue weighted by atomic mass is 32.2. The maximum absolute atomic E-state index is 12.4. The first-order chi connectivity index (χ1) is 10.3. The molecule has 7 nitrogen and oxygen atoms in total. The van der Waals surface area contributed by atoms with E-state index in [2.05, 4.69) is 14.9 Å². The van der Waals surface area contributed by atoms with Crippen LogP contribution in [0.4, 0.5) is 0 Å². The van der Waals surface area contributed by atoms with Gasteiger partial charge in [0.2, 0.25) is 10.0 Å². The smallest absolute Gasteiger partial charge is 0.322 e. The molecule has 0 fully saturated rings. The van der Waals surface area contributed by atoms with Crippen LogP contribution in [0.5, 0.6) is 0 Å². The summed E-state index contributed by atoms with van der Waals surface area (Å²) < 4.78 is 27.0. The van der Waals surface area contributed by atoms with Crippen LogP contribution in [0.15, 0.2) is 35.2 Å². The molecule has 0 aliphatic carbocycles. The van der Waals surface area contributed by atoms with Gasteiger partial charge in [0.15, 0.2) is 0 Å². The van der Waals surface area contributed by atoms with Gasteiger partial charge in [0, 0.05) is 0 Å². The van der Waals surface area contributed by atoms with Crippen molar-refractivity contribution < 1.29 is 18.3 Å². The second-order valence-electron chi connectivity index (χ2n) is 4.96. The fourth-order valence-corrected chi connectivity index (χ4v) is 3.77. The number of benzene rings is 1. The van der Waals surface area contributed by atoms with Gasteiger partial charge in [-0.25, -0.2) is 8.42 Å². The molecule has 0 aliphatic rings. The van der Waals surface area contributed by atoms with Gasteiger partial charge in [0.1, 0.15) is 10.9 Å². The Hall–Kier alpha value is -2.19. The first kappa shape index (κ1) is 16.2. The lowest BCUT2D eigenvalue weighted by atomic mass is 10.1. The summed E-state index contributed by atoms with van der Waals surface area (Å²) in [7, 11) is -3.97. The highest BCUT2D eigenvalue weighted by Gasteiger charge is 2.29. The van der Waals surface area contributed by atoms with Gasteiger partial charge < -0.3 is 5.11 Å². The van der Waals surface area contributed by atoms with Gasteiger partial charge in [-0.05, 0) is 25.8 Å². The molecule has 2 rings (SSSR count). The molecule has 0 unspecified atom stereocenters. The number of carboxylic acid groups (broad SMARTS) is 1. The number of aryl methyl sites for hydroxylation is 2. The van der Waals surface area contributed by atoms with Gasteiger partial charge in [0.05, 0.1) is 11.4 Å². The number of nitrogens with one attached hydrogen (secondary N) is 2. The van der Waals surface area contributed by atoms with Crippen LogP contribution < -0.4 is 4.72 Å². The summed E-state index contributed by atoms with van der Waals surface area (Å²) in [5.74, 6) is -1.23. The van der Waals surface area contributed by atoms with Gasteiger partial charge >= 0.3 is 5.97 Å². The number of aliphatic carboxylic acids is 1. The van der Waals surface area contributed by atoms with Crippen LogP contribution in [0.3, 0.4) is 0 Å². The van der Waals surface area contributed by atoms with Crippen molar-refractivity contribution in [2.45, 2.75) is 31.2 Å². The van der Waals surface area contributed by atoms with Gasteiger partial charge in [-0.1, -0.05) is 30.3 Å². The Bertz CT molecular complexity index is 749. The van der Waals surface area contributed by atoms with Crippen molar-refractivity contribution >= 4 is 16.0 Å². The second kappa shape index (κ2) is 6.29. The molecule has 1 aromatic carbocycles. The molecule has 0 aliphatic heterocycles. The number of sulfonamides is 1. The van der Waals surface area contributed by atoms with Crippen LogP contribution >= 0.6 is 0 Å². The third kappa shape index (κ3) is 3.52. The number of H-pyrrole nitrogens is 1. The minimum absolute atomic E-state index is 0.00758. The van der Waals surface area contributed by atoms with Crippen molar-refractivity contribution in [3.8, 4) is 0 Å². The average molecular weight is 323 g/mol. The fraction of sp³-hybridized carbons (Fsp3) is 0.286. The van der Waals surface area contributed by atoms with E-state index < -0.39 is 22.0 Å². The molecule has 118 valence electrons. The van der Waals surface area contributed by atoms with E-state index in [0.717, 1.165) is 5.56 Å².